The number of likely N-dealkylation sites (N-methyl/N-ethyl adjacent to an activating group) is 1. The Hall–Kier alpha value is -0.610. The summed E-state index contributed by atoms with van der Waals surface area (Å²) in [7, 11) is 1.77. The van der Waals surface area contributed by atoms with Crippen molar-refractivity contribution in [2.45, 2.75) is 33.3 Å². The van der Waals surface area contributed by atoms with Crippen LogP contribution in [0.1, 0.15) is 27.2 Å². The number of carbonyl (C=O) groups excluding carboxylic acids is 1. The van der Waals surface area contributed by atoms with Gasteiger partial charge in [0.05, 0.1) is 6.10 Å². The Morgan fingerprint density at radius 3 is 2.33 bits per heavy atom. The summed E-state index contributed by atoms with van der Waals surface area (Å²) >= 11 is 0. The predicted octanol–water partition coefficient (Wildman–Crippen LogP) is 0.365. The largest absolute Gasteiger partial charge is 0.390 e. The molecule has 0 bridgehead atoms. The number of rotatable bonds is 7. The third-order valence-electron chi connectivity index (χ3n) is 2.22. The monoisotopic (exact) mass is 216 g/mol. The van der Waals surface area contributed by atoms with Crippen LogP contribution in [0.3, 0.4) is 0 Å². The van der Waals surface area contributed by atoms with Crippen LogP contribution in [0, 0.1) is 11.8 Å². The summed E-state index contributed by atoms with van der Waals surface area (Å²) < 4.78 is 0. The maximum atomic E-state index is 11.5. The average Bonchev–Trinajstić information content (AvgIpc) is 2.13. The molecule has 2 atom stereocenters. The molecule has 0 aromatic heterocycles. The number of amides is 1. The molecule has 4 heteroatoms. The van der Waals surface area contributed by atoms with E-state index in [4.69, 9.17) is 0 Å². The van der Waals surface area contributed by atoms with Gasteiger partial charge in [0.1, 0.15) is 0 Å². The third-order valence-corrected chi connectivity index (χ3v) is 2.22. The molecule has 1 unspecified atom stereocenters. The standard InChI is InChI=1S/C11H24N2O2/c1-8(2)5-9(3)11(15)13-7-10(14)6-12-4/h8-10,12,14H,5-7H2,1-4H3,(H,13,15)/t9-,10?/m0/s1. The molecule has 1 amide bonds. The second-order valence-electron chi connectivity index (χ2n) is 4.49. The number of aliphatic hydroxyl groups excluding tert-OH is 1. The van der Waals surface area contributed by atoms with Gasteiger partial charge in [-0.3, -0.25) is 4.79 Å². The highest BCUT2D eigenvalue weighted by atomic mass is 16.3. The van der Waals surface area contributed by atoms with E-state index in [1.54, 1.807) is 7.05 Å². The molecule has 0 aliphatic carbocycles. The zero-order chi connectivity index (χ0) is 11.8. The summed E-state index contributed by atoms with van der Waals surface area (Å²) in [4.78, 5) is 11.5. The molecule has 0 aliphatic heterocycles. The number of hydrogen-bond acceptors (Lipinski definition) is 3. The Balaban J connectivity index is 3.72. The first kappa shape index (κ1) is 14.4. The minimum absolute atomic E-state index is 0.0202. The molecule has 0 aliphatic rings. The Morgan fingerprint density at radius 2 is 1.87 bits per heavy atom. The summed E-state index contributed by atoms with van der Waals surface area (Å²) in [6, 6.07) is 0. The van der Waals surface area contributed by atoms with Gasteiger partial charge in [-0.25, -0.2) is 0 Å². The number of hydrogen-bond donors (Lipinski definition) is 3. The summed E-state index contributed by atoms with van der Waals surface area (Å²) in [6.45, 7) is 6.93. The van der Waals surface area contributed by atoms with E-state index < -0.39 is 6.10 Å². The van der Waals surface area contributed by atoms with Gasteiger partial charge in [-0.1, -0.05) is 20.8 Å². The lowest BCUT2D eigenvalue weighted by molar-refractivity contribution is -0.125. The van der Waals surface area contributed by atoms with Gasteiger partial charge in [-0.2, -0.15) is 0 Å². The van der Waals surface area contributed by atoms with E-state index in [1.807, 2.05) is 6.92 Å². The highest BCUT2D eigenvalue weighted by Gasteiger charge is 2.14. The van der Waals surface area contributed by atoms with E-state index in [2.05, 4.69) is 24.5 Å². The fraction of sp³-hybridized carbons (Fsp3) is 0.909. The van der Waals surface area contributed by atoms with Crippen molar-refractivity contribution in [2.24, 2.45) is 11.8 Å². The van der Waals surface area contributed by atoms with E-state index in [0.717, 1.165) is 6.42 Å². The molecule has 0 aromatic carbocycles. The van der Waals surface area contributed by atoms with Gasteiger partial charge < -0.3 is 15.7 Å². The van der Waals surface area contributed by atoms with Crippen LogP contribution in [-0.2, 0) is 4.79 Å². The van der Waals surface area contributed by atoms with Crippen molar-refractivity contribution in [3.8, 4) is 0 Å². The topological polar surface area (TPSA) is 61.4 Å². The van der Waals surface area contributed by atoms with Crippen LogP contribution < -0.4 is 10.6 Å². The van der Waals surface area contributed by atoms with Gasteiger partial charge in [-0.15, -0.1) is 0 Å². The average molecular weight is 216 g/mol. The minimum Gasteiger partial charge on any atom is -0.390 e. The molecule has 0 radical (unpaired) electrons. The first-order valence-electron chi connectivity index (χ1n) is 5.57. The summed E-state index contributed by atoms with van der Waals surface area (Å²) in [5.41, 5.74) is 0. The molecule has 0 heterocycles. The molecule has 0 spiro atoms. The fourth-order valence-electron chi connectivity index (χ4n) is 1.51. The summed E-state index contributed by atoms with van der Waals surface area (Å²) in [5, 5.41) is 15.0. The fourth-order valence-corrected chi connectivity index (χ4v) is 1.51. The lowest BCUT2D eigenvalue weighted by Gasteiger charge is -2.16. The van der Waals surface area contributed by atoms with Crippen LogP contribution in [0.5, 0.6) is 0 Å². The summed E-state index contributed by atoms with van der Waals surface area (Å²) in [5.74, 6) is 0.568. The van der Waals surface area contributed by atoms with Gasteiger partial charge >= 0.3 is 0 Å². The Bertz CT molecular complexity index is 183. The molecule has 0 saturated heterocycles. The highest BCUT2D eigenvalue weighted by molar-refractivity contribution is 5.78. The van der Waals surface area contributed by atoms with Crippen molar-refractivity contribution >= 4 is 5.91 Å². The van der Waals surface area contributed by atoms with Crippen LogP contribution in [-0.4, -0.2) is 37.3 Å². The first-order chi connectivity index (χ1) is 6.97. The Labute approximate surface area is 92.4 Å². The van der Waals surface area contributed by atoms with Gasteiger partial charge in [0.15, 0.2) is 0 Å². The van der Waals surface area contributed by atoms with E-state index >= 15 is 0 Å². The highest BCUT2D eigenvalue weighted by Crippen LogP contribution is 2.10. The molecule has 0 fully saturated rings. The van der Waals surface area contributed by atoms with Crippen molar-refractivity contribution < 1.29 is 9.90 Å². The molecule has 0 saturated carbocycles. The van der Waals surface area contributed by atoms with Crippen molar-refractivity contribution in [1.29, 1.82) is 0 Å². The molecular formula is C11H24N2O2. The van der Waals surface area contributed by atoms with Gasteiger partial charge in [0.25, 0.3) is 0 Å². The zero-order valence-electron chi connectivity index (χ0n) is 10.2. The van der Waals surface area contributed by atoms with Crippen LogP contribution in [0.15, 0.2) is 0 Å². The molecule has 0 rings (SSSR count). The number of carbonyl (C=O) groups is 1. The van der Waals surface area contributed by atoms with Crippen LogP contribution in [0.2, 0.25) is 0 Å². The maximum Gasteiger partial charge on any atom is 0.222 e. The quantitative estimate of drug-likeness (QED) is 0.576. The first-order valence-corrected chi connectivity index (χ1v) is 5.57. The van der Waals surface area contributed by atoms with Crippen molar-refractivity contribution in [3.05, 3.63) is 0 Å². The van der Waals surface area contributed by atoms with E-state index in [1.165, 1.54) is 0 Å². The zero-order valence-corrected chi connectivity index (χ0v) is 10.2. The SMILES string of the molecule is CNCC(O)CNC(=O)[C@@H](C)CC(C)C. The molecule has 4 nitrogen and oxygen atoms in total. The molecule has 0 aromatic rings. The number of aliphatic hydroxyl groups is 1. The van der Waals surface area contributed by atoms with Gasteiger partial charge in [0.2, 0.25) is 5.91 Å². The lowest BCUT2D eigenvalue weighted by atomic mass is 9.98. The summed E-state index contributed by atoms with van der Waals surface area (Å²) in [6.07, 6.45) is 0.374. The van der Waals surface area contributed by atoms with Gasteiger partial charge in [0, 0.05) is 19.0 Å². The van der Waals surface area contributed by atoms with Crippen molar-refractivity contribution in [1.82, 2.24) is 10.6 Å². The third kappa shape index (κ3) is 7.33. The minimum atomic E-state index is -0.509. The second kappa shape index (κ2) is 7.65. The van der Waals surface area contributed by atoms with Crippen molar-refractivity contribution in [2.75, 3.05) is 20.1 Å². The van der Waals surface area contributed by atoms with E-state index in [-0.39, 0.29) is 11.8 Å². The molecule has 90 valence electrons. The van der Waals surface area contributed by atoms with Crippen molar-refractivity contribution in [3.63, 3.8) is 0 Å². The van der Waals surface area contributed by atoms with Crippen LogP contribution >= 0.6 is 0 Å². The second-order valence-corrected chi connectivity index (χ2v) is 4.49. The predicted molar refractivity (Wildman–Crippen MR) is 61.6 cm³/mol. The Morgan fingerprint density at radius 1 is 1.27 bits per heavy atom. The number of nitrogens with one attached hydrogen (secondary N) is 2. The van der Waals surface area contributed by atoms with Crippen LogP contribution in [0.4, 0.5) is 0 Å². The normalized spacial score (nSPS) is 15.1. The van der Waals surface area contributed by atoms with E-state index in [0.29, 0.717) is 19.0 Å². The van der Waals surface area contributed by atoms with Crippen LogP contribution in [0.25, 0.3) is 0 Å². The molecular weight excluding hydrogens is 192 g/mol. The Kier molecular flexibility index (Phi) is 7.34. The van der Waals surface area contributed by atoms with E-state index in [9.17, 15) is 9.90 Å². The molecule has 3 N–H and O–H groups in total. The maximum absolute atomic E-state index is 11.5. The molecule has 15 heavy (non-hydrogen) atoms. The smallest absolute Gasteiger partial charge is 0.222 e. The lowest BCUT2D eigenvalue weighted by Crippen LogP contribution is -2.39. The van der Waals surface area contributed by atoms with Gasteiger partial charge in [-0.05, 0) is 19.4 Å².